The molecule has 0 spiro atoms. The van der Waals surface area contributed by atoms with E-state index in [4.69, 9.17) is 5.73 Å². The standard InChI is InChI=1S/C12H20N4O2/c1-8-11(18)15-10(17)7-16(8)12(13)14-9-5-3-2-4-6-9/h8-9H,2-7H2,1H3,(H2,13,14)(H,15,17,18). The van der Waals surface area contributed by atoms with Crippen molar-refractivity contribution in [2.45, 2.75) is 51.1 Å². The highest BCUT2D eigenvalue weighted by Crippen LogP contribution is 2.20. The molecule has 3 N–H and O–H groups in total. The van der Waals surface area contributed by atoms with E-state index in [1.807, 2.05) is 0 Å². The van der Waals surface area contributed by atoms with Crippen molar-refractivity contribution in [3.63, 3.8) is 0 Å². The quantitative estimate of drug-likeness (QED) is 0.390. The molecule has 18 heavy (non-hydrogen) atoms. The van der Waals surface area contributed by atoms with Crippen LogP contribution in [0.5, 0.6) is 0 Å². The number of amides is 2. The van der Waals surface area contributed by atoms with Crippen molar-refractivity contribution in [2.75, 3.05) is 6.54 Å². The average molecular weight is 252 g/mol. The number of hydrogen-bond acceptors (Lipinski definition) is 3. The third-order valence-electron chi connectivity index (χ3n) is 3.61. The van der Waals surface area contributed by atoms with Crippen molar-refractivity contribution in [1.82, 2.24) is 10.2 Å². The molecule has 2 rings (SSSR count). The van der Waals surface area contributed by atoms with Crippen LogP contribution in [-0.2, 0) is 9.59 Å². The lowest BCUT2D eigenvalue weighted by molar-refractivity contribution is -0.137. The van der Waals surface area contributed by atoms with Gasteiger partial charge in [-0.05, 0) is 19.8 Å². The normalized spacial score (nSPS) is 27.3. The smallest absolute Gasteiger partial charge is 0.249 e. The summed E-state index contributed by atoms with van der Waals surface area (Å²) in [5, 5.41) is 2.29. The largest absolute Gasteiger partial charge is 0.370 e. The number of piperazine rings is 1. The molecule has 1 aliphatic carbocycles. The van der Waals surface area contributed by atoms with Crippen LogP contribution in [0.15, 0.2) is 4.99 Å². The van der Waals surface area contributed by atoms with Gasteiger partial charge in [0.1, 0.15) is 12.6 Å². The summed E-state index contributed by atoms with van der Waals surface area (Å²) in [7, 11) is 0. The molecule has 0 bridgehead atoms. The summed E-state index contributed by atoms with van der Waals surface area (Å²) in [4.78, 5) is 28.9. The number of guanidine groups is 1. The molecule has 2 amide bonds. The SMILES string of the molecule is CC1C(=O)NC(=O)CN1C(N)=NC1CCCCC1. The molecule has 1 unspecified atom stereocenters. The molecule has 6 heteroatoms. The van der Waals surface area contributed by atoms with Gasteiger partial charge in [0, 0.05) is 0 Å². The average Bonchev–Trinajstić information content (AvgIpc) is 2.35. The van der Waals surface area contributed by atoms with Gasteiger partial charge in [-0.15, -0.1) is 0 Å². The number of nitrogens with two attached hydrogens (primary N) is 1. The van der Waals surface area contributed by atoms with Crippen LogP contribution < -0.4 is 11.1 Å². The van der Waals surface area contributed by atoms with Gasteiger partial charge in [0.05, 0.1) is 6.04 Å². The Morgan fingerprint density at radius 2 is 2.00 bits per heavy atom. The van der Waals surface area contributed by atoms with Gasteiger partial charge in [-0.2, -0.15) is 0 Å². The van der Waals surface area contributed by atoms with E-state index in [2.05, 4.69) is 10.3 Å². The number of nitrogens with zero attached hydrogens (tertiary/aromatic N) is 2. The minimum absolute atomic E-state index is 0.106. The molecule has 0 aromatic carbocycles. The molecule has 0 aromatic heterocycles. The highest BCUT2D eigenvalue weighted by atomic mass is 16.2. The number of carbonyl (C=O) groups excluding carboxylic acids is 2. The zero-order valence-electron chi connectivity index (χ0n) is 10.7. The molecule has 100 valence electrons. The molecule has 2 aliphatic rings. The molecule has 1 saturated heterocycles. The summed E-state index contributed by atoms with van der Waals surface area (Å²) in [6, 6.07) is -0.193. The fraction of sp³-hybridized carbons (Fsp3) is 0.750. The van der Waals surface area contributed by atoms with Crippen LogP contribution in [0.1, 0.15) is 39.0 Å². The van der Waals surface area contributed by atoms with Crippen LogP contribution >= 0.6 is 0 Å². The highest BCUT2D eigenvalue weighted by Gasteiger charge is 2.31. The zero-order chi connectivity index (χ0) is 13.1. The van der Waals surface area contributed by atoms with E-state index in [0.717, 1.165) is 12.8 Å². The summed E-state index contributed by atoms with van der Waals surface area (Å²) in [5.74, 6) is -0.314. The second-order valence-corrected chi connectivity index (χ2v) is 5.00. The number of imide groups is 1. The van der Waals surface area contributed by atoms with E-state index in [1.165, 1.54) is 19.3 Å². The van der Waals surface area contributed by atoms with Gasteiger partial charge in [-0.25, -0.2) is 4.99 Å². The second kappa shape index (κ2) is 5.37. The first kappa shape index (κ1) is 12.9. The number of aliphatic imine (C=N–C) groups is 1. The first-order valence-electron chi connectivity index (χ1n) is 6.51. The van der Waals surface area contributed by atoms with Crippen molar-refractivity contribution < 1.29 is 9.59 Å². The summed E-state index contributed by atoms with van der Waals surface area (Å²) < 4.78 is 0. The Bertz CT molecular complexity index is 374. The van der Waals surface area contributed by atoms with Crippen LogP contribution in [0.25, 0.3) is 0 Å². The Balaban J connectivity index is 2.06. The third kappa shape index (κ3) is 2.80. The Morgan fingerprint density at radius 1 is 1.33 bits per heavy atom. The molecular weight excluding hydrogens is 232 g/mol. The molecule has 0 aromatic rings. The minimum atomic E-state index is -0.435. The summed E-state index contributed by atoms with van der Waals surface area (Å²) in [6.45, 7) is 1.83. The van der Waals surface area contributed by atoms with Crippen molar-refractivity contribution in [3.05, 3.63) is 0 Å². The van der Waals surface area contributed by atoms with Crippen molar-refractivity contribution in [1.29, 1.82) is 0 Å². The monoisotopic (exact) mass is 252 g/mol. The molecule has 1 saturated carbocycles. The van der Waals surface area contributed by atoms with Crippen LogP contribution in [-0.4, -0.2) is 41.3 Å². The highest BCUT2D eigenvalue weighted by molar-refractivity contribution is 6.04. The van der Waals surface area contributed by atoms with E-state index in [-0.39, 0.29) is 24.4 Å². The van der Waals surface area contributed by atoms with Crippen LogP contribution in [0, 0.1) is 0 Å². The lowest BCUT2D eigenvalue weighted by atomic mass is 9.96. The molecule has 1 atom stereocenters. The van der Waals surface area contributed by atoms with Gasteiger partial charge < -0.3 is 10.6 Å². The molecule has 2 fully saturated rings. The van der Waals surface area contributed by atoms with E-state index in [1.54, 1.807) is 11.8 Å². The Morgan fingerprint density at radius 3 is 2.67 bits per heavy atom. The van der Waals surface area contributed by atoms with Gasteiger partial charge in [-0.3, -0.25) is 14.9 Å². The number of carbonyl (C=O) groups is 2. The first-order valence-corrected chi connectivity index (χ1v) is 6.51. The van der Waals surface area contributed by atoms with Gasteiger partial charge in [-0.1, -0.05) is 19.3 Å². The number of nitrogens with one attached hydrogen (secondary N) is 1. The lowest BCUT2D eigenvalue weighted by Crippen LogP contribution is -2.60. The fourth-order valence-corrected chi connectivity index (χ4v) is 2.47. The predicted molar refractivity (Wildman–Crippen MR) is 67.8 cm³/mol. The van der Waals surface area contributed by atoms with E-state index < -0.39 is 6.04 Å². The molecule has 1 heterocycles. The summed E-state index contributed by atoms with van der Waals surface area (Å²) in [6.07, 6.45) is 5.70. The van der Waals surface area contributed by atoms with E-state index in [0.29, 0.717) is 5.96 Å². The Kier molecular flexibility index (Phi) is 3.84. The van der Waals surface area contributed by atoms with Crippen LogP contribution in [0.2, 0.25) is 0 Å². The molecule has 1 aliphatic heterocycles. The minimum Gasteiger partial charge on any atom is -0.370 e. The van der Waals surface area contributed by atoms with Crippen molar-refractivity contribution >= 4 is 17.8 Å². The van der Waals surface area contributed by atoms with Gasteiger partial charge in [0.2, 0.25) is 11.8 Å². The lowest BCUT2D eigenvalue weighted by Gasteiger charge is -2.33. The number of rotatable bonds is 1. The maximum absolute atomic E-state index is 11.5. The Labute approximate surface area is 107 Å². The van der Waals surface area contributed by atoms with Crippen LogP contribution in [0.3, 0.4) is 0 Å². The van der Waals surface area contributed by atoms with Crippen molar-refractivity contribution in [2.24, 2.45) is 10.7 Å². The van der Waals surface area contributed by atoms with E-state index in [9.17, 15) is 9.59 Å². The maximum Gasteiger partial charge on any atom is 0.249 e. The van der Waals surface area contributed by atoms with Gasteiger partial charge in [0.15, 0.2) is 5.96 Å². The maximum atomic E-state index is 11.5. The molecule has 0 radical (unpaired) electrons. The molecular formula is C12H20N4O2. The zero-order valence-corrected chi connectivity index (χ0v) is 10.7. The second-order valence-electron chi connectivity index (χ2n) is 5.00. The Hall–Kier alpha value is -1.59. The van der Waals surface area contributed by atoms with Gasteiger partial charge in [0.25, 0.3) is 0 Å². The first-order chi connectivity index (χ1) is 8.58. The predicted octanol–water partition coefficient (Wildman–Crippen LogP) is -0.0193. The topological polar surface area (TPSA) is 87.8 Å². The van der Waals surface area contributed by atoms with E-state index >= 15 is 0 Å². The van der Waals surface area contributed by atoms with Crippen molar-refractivity contribution in [3.8, 4) is 0 Å². The molecule has 6 nitrogen and oxygen atoms in total. The summed E-state index contributed by atoms with van der Waals surface area (Å²) in [5.41, 5.74) is 5.94. The third-order valence-corrected chi connectivity index (χ3v) is 3.61. The summed E-state index contributed by atoms with van der Waals surface area (Å²) >= 11 is 0. The fourth-order valence-electron chi connectivity index (χ4n) is 2.47. The number of hydrogen-bond donors (Lipinski definition) is 2. The van der Waals surface area contributed by atoms with Crippen LogP contribution in [0.4, 0.5) is 0 Å². The van der Waals surface area contributed by atoms with Gasteiger partial charge >= 0.3 is 0 Å².